The van der Waals surface area contributed by atoms with Gasteiger partial charge in [-0.1, -0.05) is 15.9 Å². The summed E-state index contributed by atoms with van der Waals surface area (Å²) in [4.78, 5) is 2.33. The molecule has 2 rings (SSSR count). The normalized spacial score (nSPS) is 20.1. The molecule has 3 nitrogen and oxygen atoms in total. The molecule has 3 N–H and O–H groups in total. The molecule has 1 saturated heterocycles. The maximum Gasteiger partial charge on any atom is 0.124 e. The fraction of sp³-hybridized carbons (Fsp3) is 0.417. The summed E-state index contributed by atoms with van der Waals surface area (Å²) in [6.07, 6.45) is 2.43. The molecular formula is C12H16BrN3. The van der Waals surface area contributed by atoms with Crippen molar-refractivity contribution in [3.63, 3.8) is 0 Å². The topological polar surface area (TPSA) is 53.1 Å². The Hall–Kier alpha value is -1.03. The Morgan fingerprint density at radius 1 is 1.56 bits per heavy atom. The largest absolute Gasteiger partial charge is 0.384 e. The summed E-state index contributed by atoms with van der Waals surface area (Å²) in [5.74, 6) is 0.140. The highest BCUT2D eigenvalue weighted by Gasteiger charge is 2.23. The van der Waals surface area contributed by atoms with Gasteiger partial charge in [-0.25, -0.2) is 0 Å². The van der Waals surface area contributed by atoms with Crippen LogP contribution in [-0.2, 0) is 0 Å². The van der Waals surface area contributed by atoms with E-state index in [-0.39, 0.29) is 5.84 Å². The molecule has 1 aromatic carbocycles. The fourth-order valence-electron chi connectivity index (χ4n) is 2.26. The molecule has 0 bridgehead atoms. The van der Waals surface area contributed by atoms with Crippen LogP contribution in [0.3, 0.4) is 0 Å². The molecule has 16 heavy (non-hydrogen) atoms. The van der Waals surface area contributed by atoms with Crippen LogP contribution in [0.1, 0.15) is 25.3 Å². The summed E-state index contributed by atoms with van der Waals surface area (Å²) >= 11 is 3.47. The first kappa shape index (κ1) is 11.5. The first-order valence-corrected chi connectivity index (χ1v) is 6.29. The number of anilines is 1. The van der Waals surface area contributed by atoms with Crippen molar-refractivity contribution in [1.82, 2.24) is 0 Å². The molecule has 1 heterocycles. The van der Waals surface area contributed by atoms with Gasteiger partial charge in [-0.15, -0.1) is 0 Å². The Kier molecular flexibility index (Phi) is 3.19. The lowest BCUT2D eigenvalue weighted by atomic mass is 10.1. The van der Waals surface area contributed by atoms with E-state index in [9.17, 15) is 0 Å². The molecule has 0 aliphatic carbocycles. The summed E-state index contributed by atoms with van der Waals surface area (Å²) in [5, 5.41) is 7.61. The van der Waals surface area contributed by atoms with E-state index in [2.05, 4.69) is 33.8 Å². The average Bonchev–Trinajstić information content (AvgIpc) is 2.63. The van der Waals surface area contributed by atoms with E-state index >= 15 is 0 Å². The van der Waals surface area contributed by atoms with E-state index in [0.717, 1.165) is 22.3 Å². The van der Waals surface area contributed by atoms with Crippen molar-refractivity contribution in [1.29, 1.82) is 5.41 Å². The van der Waals surface area contributed by atoms with Gasteiger partial charge in [0, 0.05) is 28.3 Å². The van der Waals surface area contributed by atoms with Crippen molar-refractivity contribution in [2.75, 3.05) is 11.4 Å². The molecular weight excluding hydrogens is 266 g/mol. The number of amidine groups is 1. The third kappa shape index (κ3) is 2.07. The van der Waals surface area contributed by atoms with Gasteiger partial charge < -0.3 is 10.6 Å². The lowest BCUT2D eigenvalue weighted by molar-refractivity contribution is 0.734. The van der Waals surface area contributed by atoms with Crippen LogP contribution >= 0.6 is 15.9 Å². The van der Waals surface area contributed by atoms with Gasteiger partial charge in [0.2, 0.25) is 0 Å². The van der Waals surface area contributed by atoms with Crippen molar-refractivity contribution in [2.24, 2.45) is 5.73 Å². The molecule has 0 amide bonds. The highest BCUT2D eigenvalue weighted by atomic mass is 79.9. The predicted octanol–water partition coefficient (Wildman–Crippen LogP) is 2.72. The van der Waals surface area contributed by atoms with Crippen molar-refractivity contribution >= 4 is 27.5 Å². The van der Waals surface area contributed by atoms with Crippen LogP contribution in [-0.4, -0.2) is 18.4 Å². The van der Waals surface area contributed by atoms with Crippen LogP contribution in [0.5, 0.6) is 0 Å². The smallest absolute Gasteiger partial charge is 0.124 e. The molecule has 0 aromatic heterocycles. The summed E-state index contributed by atoms with van der Waals surface area (Å²) < 4.78 is 1.03. The van der Waals surface area contributed by atoms with Crippen molar-refractivity contribution < 1.29 is 0 Å². The first-order chi connectivity index (χ1) is 7.59. The van der Waals surface area contributed by atoms with E-state index in [1.165, 1.54) is 12.8 Å². The van der Waals surface area contributed by atoms with Crippen LogP contribution in [0.15, 0.2) is 22.7 Å². The zero-order chi connectivity index (χ0) is 11.7. The van der Waals surface area contributed by atoms with Crippen molar-refractivity contribution in [3.05, 3.63) is 28.2 Å². The lowest BCUT2D eigenvalue weighted by Crippen LogP contribution is -2.29. The molecule has 1 aliphatic heterocycles. The van der Waals surface area contributed by atoms with Gasteiger partial charge in [0.15, 0.2) is 0 Å². The second kappa shape index (κ2) is 4.45. The second-order valence-corrected chi connectivity index (χ2v) is 5.18. The average molecular weight is 282 g/mol. The summed E-state index contributed by atoms with van der Waals surface area (Å²) in [6, 6.07) is 6.43. The van der Waals surface area contributed by atoms with Gasteiger partial charge in [0.05, 0.1) is 0 Å². The Balaban J connectivity index is 2.44. The highest BCUT2D eigenvalue weighted by molar-refractivity contribution is 9.10. The van der Waals surface area contributed by atoms with Gasteiger partial charge in [-0.3, -0.25) is 5.41 Å². The van der Waals surface area contributed by atoms with Gasteiger partial charge >= 0.3 is 0 Å². The third-order valence-corrected chi connectivity index (χ3v) is 3.61. The molecule has 0 radical (unpaired) electrons. The quantitative estimate of drug-likeness (QED) is 0.647. The zero-order valence-corrected chi connectivity index (χ0v) is 10.9. The van der Waals surface area contributed by atoms with Crippen LogP contribution in [0.2, 0.25) is 0 Å². The maximum atomic E-state index is 7.61. The number of rotatable bonds is 2. The van der Waals surface area contributed by atoms with Gasteiger partial charge in [0.1, 0.15) is 5.84 Å². The minimum Gasteiger partial charge on any atom is -0.384 e. The molecule has 0 spiro atoms. The highest BCUT2D eigenvalue weighted by Crippen LogP contribution is 2.30. The van der Waals surface area contributed by atoms with Crippen LogP contribution in [0, 0.1) is 5.41 Å². The minimum absolute atomic E-state index is 0.140. The predicted molar refractivity (Wildman–Crippen MR) is 71.2 cm³/mol. The molecule has 1 fully saturated rings. The monoisotopic (exact) mass is 281 g/mol. The number of benzene rings is 1. The van der Waals surface area contributed by atoms with Crippen LogP contribution < -0.4 is 10.6 Å². The van der Waals surface area contributed by atoms with Crippen LogP contribution in [0.25, 0.3) is 0 Å². The van der Waals surface area contributed by atoms with Crippen LogP contribution in [0.4, 0.5) is 5.69 Å². The summed E-state index contributed by atoms with van der Waals surface area (Å²) in [5.41, 5.74) is 7.53. The molecule has 86 valence electrons. The van der Waals surface area contributed by atoms with Gasteiger partial charge in [-0.2, -0.15) is 0 Å². The zero-order valence-electron chi connectivity index (χ0n) is 9.33. The fourth-order valence-corrected chi connectivity index (χ4v) is 2.61. The molecule has 1 aromatic rings. The van der Waals surface area contributed by atoms with Crippen molar-refractivity contribution in [3.8, 4) is 0 Å². The van der Waals surface area contributed by atoms with Gasteiger partial charge in [0.25, 0.3) is 0 Å². The first-order valence-electron chi connectivity index (χ1n) is 5.50. The second-order valence-electron chi connectivity index (χ2n) is 4.26. The number of nitrogens with two attached hydrogens (primary N) is 1. The van der Waals surface area contributed by atoms with Crippen molar-refractivity contribution in [2.45, 2.75) is 25.8 Å². The minimum atomic E-state index is 0.140. The Bertz CT molecular complexity index is 417. The summed E-state index contributed by atoms with van der Waals surface area (Å²) in [6.45, 7) is 3.27. The number of nitrogens with zero attached hydrogens (tertiary/aromatic N) is 1. The Labute approximate surface area is 104 Å². The van der Waals surface area contributed by atoms with E-state index in [1.54, 1.807) is 0 Å². The number of nitrogen functional groups attached to an aromatic ring is 1. The van der Waals surface area contributed by atoms with Gasteiger partial charge in [-0.05, 0) is 38.0 Å². The van der Waals surface area contributed by atoms with E-state index in [4.69, 9.17) is 11.1 Å². The standard InChI is InChI=1S/C12H16BrN3/c1-8-3-2-6-16(8)11-7-9(13)4-5-10(11)12(14)15/h4-5,7-8H,2-3,6H2,1H3,(H3,14,15). The lowest BCUT2D eigenvalue weighted by Gasteiger charge is -2.26. The number of nitrogens with one attached hydrogen (secondary N) is 1. The molecule has 4 heteroatoms. The summed E-state index contributed by atoms with van der Waals surface area (Å²) in [7, 11) is 0. The number of hydrogen-bond donors (Lipinski definition) is 2. The Morgan fingerprint density at radius 2 is 2.31 bits per heavy atom. The number of halogens is 1. The SMILES string of the molecule is CC1CCCN1c1cc(Br)ccc1C(=N)N. The molecule has 0 saturated carbocycles. The van der Waals surface area contributed by atoms with E-state index in [0.29, 0.717) is 6.04 Å². The molecule has 1 aliphatic rings. The molecule has 1 atom stereocenters. The molecule has 1 unspecified atom stereocenters. The van der Waals surface area contributed by atoms with E-state index < -0.39 is 0 Å². The number of hydrogen-bond acceptors (Lipinski definition) is 2. The van der Waals surface area contributed by atoms with E-state index in [1.807, 2.05) is 12.1 Å². The maximum absolute atomic E-state index is 7.61. The third-order valence-electron chi connectivity index (χ3n) is 3.11. The Morgan fingerprint density at radius 3 is 2.88 bits per heavy atom.